The lowest BCUT2D eigenvalue weighted by Crippen LogP contribution is -2.66. The second kappa shape index (κ2) is 3.75. The number of hydrogen-bond acceptors (Lipinski definition) is 1. The van der Waals surface area contributed by atoms with Crippen LogP contribution < -0.4 is 5.73 Å². The quantitative estimate of drug-likeness (QED) is 0.741. The average molecular weight is 247 g/mol. The first-order valence-corrected chi connectivity index (χ1v) is 8.37. The molecule has 0 saturated heterocycles. The second-order valence-electron chi connectivity index (χ2n) is 8.62. The molecule has 0 aliphatic heterocycles. The molecule has 5 unspecified atom stereocenters. The monoisotopic (exact) mass is 247 g/mol. The highest BCUT2D eigenvalue weighted by atomic mass is 14.8. The van der Waals surface area contributed by atoms with Crippen molar-refractivity contribution in [2.45, 2.75) is 76.7 Å². The van der Waals surface area contributed by atoms with Crippen molar-refractivity contribution in [3.05, 3.63) is 0 Å². The minimum atomic E-state index is 0.237. The van der Waals surface area contributed by atoms with Gasteiger partial charge in [0.15, 0.2) is 0 Å². The zero-order valence-corrected chi connectivity index (χ0v) is 12.0. The summed E-state index contributed by atoms with van der Waals surface area (Å²) >= 11 is 0. The fraction of sp³-hybridized carbons (Fsp3) is 1.00. The molecule has 0 aromatic carbocycles. The summed E-state index contributed by atoms with van der Waals surface area (Å²) in [4.78, 5) is 0. The first kappa shape index (κ1) is 11.8. The third-order valence-electron chi connectivity index (χ3n) is 6.93. The Morgan fingerprint density at radius 1 is 0.944 bits per heavy atom. The molecule has 0 heterocycles. The van der Waals surface area contributed by atoms with Gasteiger partial charge in [-0.2, -0.15) is 0 Å². The minimum Gasteiger partial charge on any atom is -0.325 e. The van der Waals surface area contributed by atoms with Gasteiger partial charge in [-0.05, 0) is 61.2 Å². The van der Waals surface area contributed by atoms with E-state index < -0.39 is 0 Å². The van der Waals surface area contributed by atoms with Crippen molar-refractivity contribution in [2.75, 3.05) is 0 Å². The molecule has 0 spiro atoms. The van der Waals surface area contributed by atoms with Crippen LogP contribution in [0.2, 0.25) is 0 Å². The topological polar surface area (TPSA) is 26.0 Å². The van der Waals surface area contributed by atoms with Crippen LogP contribution in [-0.2, 0) is 0 Å². The second-order valence-corrected chi connectivity index (χ2v) is 8.62. The van der Waals surface area contributed by atoms with Crippen LogP contribution in [0.1, 0.15) is 71.1 Å². The molecule has 5 aliphatic carbocycles. The summed E-state index contributed by atoms with van der Waals surface area (Å²) in [5, 5.41) is 0. The van der Waals surface area contributed by atoms with Gasteiger partial charge >= 0.3 is 0 Å². The molecule has 4 bridgehead atoms. The van der Waals surface area contributed by atoms with E-state index in [0.29, 0.717) is 5.41 Å². The molecule has 0 radical (unpaired) electrons. The highest BCUT2D eigenvalue weighted by Gasteiger charge is 2.60. The lowest BCUT2D eigenvalue weighted by molar-refractivity contribution is -0.124. The molecule has 5 saturated carbocycles. The summed E-state index contributed by atoms with van der Waals surface area (Å²) < 4.78 is 0. The third-order valence-corrected chi connectivity index (χ3v) is 6.93. The number of nitrogens with two attached hydrogens (primary N) is 1. The number of hydrogen-bond donors (Lipinski definition) is 1. The van der Waals surface area contributed by atoms with Crippen molar-refractivity contribution in [1.29, 1.82) is 0 Å². The Morgan fingerprint density at radius 2 is 1.72 bits per heavy atom. The molecule has 2 N–H and O–H groups in total. The van der Waals surface area contributed by atoms with Gasteiger partial charge in [0.05, 0.1) is 0 Å². The molecule has 5 fully saturated rings. The molecule has 18 heavy (non-hydrogen) atoms. The standard InChI is InChI=1S/C17H29N/c1-16-8-12-7-14(10-16)15(17(18,9-12)11-16)13-5-3-2-4-6-13/h12-15H,2-11,18H2,1H3. The van der Waals surface area contributed by atoms with Crippen molar-refractivity contribution >= 4 is 0 Å². The molecule has 0 aromatic heterocycles. The van der Waals surface area contributed by atoms with E-state index in [1.165, 1.54) is 64.2 Å². The Labute approximate surface area is 112 Å². The van der Waals surface area contributed by atoms with Crippen molar-refractivity contribution in [2.24, 2.45) is 34.8 Å². The summed E-state index contributed by atoms with van der Waals surface area (Å²) in [5.74, 6) is 3.84. The van der Waals surface area contributed by atoms with Gasteiger partial charge in [0.2, 0.25) is 0 Å². The predicted octanol–water partition coefficient (Wildman–Crippen LogP) is 4.11. The first-order chi connectivity index (χ1) is 8.58. The van der Waals surface area contributed by atoms with E-state index in [9.17, 15) is 0 Å². The van der Waals surface area contributed by atoms with Crippen molar-refractivity contribution in [3.8, 4) is 0 Å². The molecule has 1 heteroatoms. The van der Waals surface area contributed by atoms with Crippen LogP contribution in [0, 0.1) is 29.1 Å². The lowest BCUT2D eigenvalue weighted by Gasteiger charge is -2.65. The maximum atomic E-state index is 6.98. The highest BCUT2D eigenvalue weighted by molar-refractivity contribution is 5.14. The lowest BCUT2D eigenvalue weighted by atomic mass is 9.41. The zero-order chi connectivity index (χ0) is 12.4. The van der Waals surface area contributed by atoms with Crippen LogP contribution in [0.4, 0.5) is 0 Å². The van der Waals surface area contributed by atoms with Crippen LogP contribution in [0.25, 0.3) is 0 Å². The van der Waals surface area contributed by atoms with E-state index in [-0.39, 0.29) is 5.54 Å². The Morgan fingerprint density at radius 3 is 2.39 bits per heavy atom. The zero-order valence-electron chi connectivity index (χ0n) is 12.0. The summed E-state index contributed by atoms with van der Waals surface area (Å²) in [7, 11) is 0. The fourth-order valence-electron chi connectivity index (χ4n) is 7.06. The average Bonchev–Trinajstić information content (AvgIpc) is 2.25. The summed E-state index contributed by atoms with van der Waals surface area (Å²) in [6, 6.07) is 0. The van der Waals surface area contributed by atoms with E-state index in [1.54, 1.807) is 0 Å². The predicted molar refractivity (Wildman–Crippen MR) is 75.2 cm³/mol. The van der Waals surface area contributed by atoms with E-state index in [0.717, 1.165) is 23.7 Å². The molecule has 1 nitrogen and oxygen atoms in total. The molecule has 102 valence electrons. The van der Waals surface area contributed by atoms with E-state index >= 15 is 0 Å². The van der Waals surface area contributed by atoms with Gasteiger partial charge in [0.25, 0.3) is 0 Å². The van der Waals surface area contributed by atoms with Crippen molar-refractivity contribution in [1.82, 2.24) is 0 Å². The Balaban J connectivity index is 1.64. The van der Waals surface area contributed by atoms with Crippen molar-refractivity contribution < 1.29 is 0 Å². The molecule has 0 aromatic rings. The van der Waals surface area contributed by atoms with Crippen LogP contribution >= 0.6 is 0 Å². The van der Waals surface area contributed by atoms with E-state index in [1.807, 2.05) is 0 Å². The smallest absolute Gasteiger partial charge is 0.0196 e. The van der Waals surface area contributed by atoms with Gasteiger partial charge in [-0.25, -0.2) is 0 Å². The highest BCUT2D eigenvalue weighted by Crippen LogP contribution is 2.65. The first-order valence-electron chi connectivity index (χ1n) is 8.37. The molecular weight excluding hydrogens is 218 g/mol. The Kier molecular flexibility index (Phi) is 2.45. The van der Waals surface area contributed by atoms with Gasteiger partial charge < -0.3 is 5.73 Å². The van der Waals surface area contributed by atoms with Gasteiger partial charge in [-0.1, -0.05) is 39.0 Å². The van der Waals surface area contributed by atoms with Crippen molar-refractivity contribution in [3.63, 3.8) is 0 Å². The minimum absolute atomic E-state index is 0.237. The van der Waals surface area contributed by atoms with Crippen LogP contribution in [0.3, 0.4) is 0 Å². The van der Waals surface area contributed by atoms with Crippen LogP contribution in [-0.4, -0.2) is 5.54 Å². The van der Waals surface area contributed by atoms with E-state index in [4.69, 9.17) is 5.73 Å². The number of rotatable bonds is 1. The summed E-state index contributed by atoms with van der Waals surface area (Å²) in [6.45, 7) is 2.53. The van der Waals surface area contributed by atoms with Gasteiger partial charge in [-0.3, -0.25) is 0 Å². The van der Waals surface area contributed by atoms with Crippen LogP contribution in [0.5, 0.6) is 0 Å². The molecule has 5 atom stereocenters. The maximum Gasteiger partial charge on any atom is 0.0196 e. The Bertz CT molecular complexity index is 346. The maximum absolute atomic E-state index is 6.98. The summed E-state index contributed by atoms with van der Waals surface area (Å²) in [5.41, 5.74) is 7.83. The SMILES string of the molecule is CC12CC3CC(C1)C(C1CCCCC1)C(N)(C3)C2. The molecule has 5 aliphatic rings. The third kappa shape index (κ3) is 1.62. The normalized spacial score (nSPS) is 56.0. The van der Waals surface area contributed by atoms with Gasteiger partial charge in [0, 0.05) is 5.54 Å². The Hall–Kier alpha value is -0.0400. The van der Waals surface area contributed by atoms with Gasteiger partial charge in [0.1, 0.15) is 0 Å². The molecule has 0 amide bonds. The van der Waals surface area contributed by atoms with E-state index in [2.05, 4.69) is 6.92 Å². The largest absolute Gasteiger partial charge is 0.325 e. The van der Waals surface area contributed by atoms with Gasteiger partial charge in [-0.15, -0.1) is 0 Å². The fourth-order valence-corrected chi connectivity index (χ4v) is 7.06. The summed E-state index contributed by atoms with van der Waals surface area (Å²) in [6.07, 6.45) is 14.6. The molecule has 5 rings (SSSR count). The van der Waals surface area contributed by atoms with Crippen LogP contribution in [0.15, 0.2) is 0 Å². The molecular formula is C17H29N.